The van der Waals surface area contributed by atoms with Gasteiger partial charge in [0.05, 0.1) is 6.42 Å². The van der Waals surface area contributed by atoms with Crippen molar-refractivity contribution in [2.75, 3.05) is 11.5 Å². The topological polar surface area (TPSA) is 77.4 Å². The molecule has 0 aliphatic carbocycles. The molecule has 0 saturated carbocycles. The second kappa shape index (κ2) is 10.7. The van der Waals surface area contributed by atoms with Gasteiger partial charge in [-0.3, -0.25) is 4.79 Å². The molecule has 0 radical (unpaired) electrons. The monoisotopic (exact) mass is 232 g/mol. The van der Waals surface area contributed by atoms with Crippen LogP contribution in [-0.4, -0.2) is 28.6 Å². The van der Waals surface area contributed by atoms with Crippen molar-refractivity contribution in [2.24, 2.45) is 0 Å². The predicted octanol–water partition coefficient (Wildman–Crippen LogP) is -3.01. The summed E-state index contributed by atoms with van der Waals surface area (Å²) in [6.45, 7) is 0. The van der Waals surface area contributed by atoms with Crippen molar-refractivity contribution >= 4 is 33.5 Å². The van der Waals surface area contributed by atoms with Crippen LogP contribution in [0.1, 0.15) is 12.8 Å². The van der Waals surface area contributed by atoms with Crippen molar-refractivity contribution in [2.45, 2.75) is 12.8 Å². The number of carbonyl (C=O) groups excluding carboxylic acids is 1. The van der Waals surface area contributed by atoms with Gasteiger partial charge < -0.3 is 15.0 Å². The molecule has 0 aliphatic rings. The molecule has 4 nitrogen and oxygen atoms in total. The van der Waals surface area contributed by atoms with Crippen molar-refractivity contribution in [1.29, 1.82) is 0 Å². The van der Waals surface area contributed by atoms with Crippen molar-refractivity contribution in [3.8, 4) is 0 Å². The average molecular weight is 232 g/mol. The molecule has 0 atom stereocenters. The number of hydrogen-bond acceptors (Lipinski definition) is 5. The van der Waals surface area contributed by atoms with Gasteiger partial charge in [0.15, 0.2) is 0 Å². The predicted molar refractivity (Wildman–Crippen MR) is 46.8 cm³/mol. The third-order valence-corrected chi connectivity index (χ3v) is 3.28. The summed E-state index contributed by atoms with van der Waals surface area (Å²) in [5.41, 5.74) is 0. The average Bonchev–Trinajstić information content (AvgIpc) is 1.95. The molecule has 0 aliphatic heterocycles. The maximum atomic E-state index is 10.0. The minimum atomic E-state index is -1.07. The zero-order chi connectivity index (χ0) is 9.40. The van der Waals surface area contributed by atoms with E-state index in [1.165, 1.54) is 21.6 Å². The fourth-order valence-electron chi connectivity index (χ4n) is 0.372. The second-order valence-electron chi connectivity index (χ2n) is 1.91. The first-order chi connectivity index (χ1) is 5.63. The fraction of sp³-hybridized carbons (Fsp3) is 0.667. The number of aliphatic carboxylic acids is 2. The van der Waals surface area contributed by atoms with Gasteiger partial charge >= 0.3 is 35.5 Å². The summed E-state index contributed by atoms with van der Waals surface area (Å²) < 4.78 is 0. The summed E-state index contributed by atoms with van der Waals surface area (Å²) in [7, 11) is 2.72. The smallest absolute Gasteiger partial charge is 0.550 e. The molecule has 0 fully saturated rings. The zero-order valence-electron chi connectivity index (χ0n) is 7.32. The normalized spacial score (nSPS) is 8.92. The molecule has 13 heavy (non-hydrogen) atoms. The maximum absolute atomic E-state index is 10.0. The molecule has 7 heteroatoms. The number of carbonyl (C=O) groups is 2. The van der Waals surface area contributed by atoms with E-state index in [1.54, 1.807) is 0 Å². The molecule has 1 N–H and O–H groups in total. The van der Waals surface area contributed by atoms with E-state index in [0.29, 0.717) is 11.5 Å². The Labute approximate surface area is 107 Å². The summed E-state index contributed by atoms with van der Waals surface area (Å²) in [5, 5.41) is 18.1. The number of carboxylic acids is 2. The molecule has 0 unspecified atom stereocenters. The molecular weight excluding hydrogens is 223 g/mol. The summed E-state index contributed by atoms with van der Waals surface area (Å²) in [4.78, 5) is 19.9. The third-order valence-electron chi connectivity index (χ3n) is 0.872. The van der Waals surface area contributed by atoms with Crippen molar-refractivity contribution in [3.05, 3.63) is 0 Å². The van der Waals surface area contributed by atoms with Crippen molar-refractivity contribution < 1.29 is 49.4 Å². The molecule has 0 spiro atoms. The van der Waals surface area contributed by atoms with Crippen LogP contribution in [0.5, 0.6) is 0 Å². The van der Waals surface area contributed by atoms with Gasteiger partial charge in [-0.2, -0.15) is 0 Å². The van der Waals surface area contributed by atoms with Gasteiger partial charge in [-0.25, -0.2) is 0 Å². The van der Waals surface area contributed by atoms with E-state index in [4.69, 9.17) is 5.11 Å². The summed E-state index contributed by atoms with van der Waals surface area (Å²) in [6.07, 6.45) is 0.133. The molecule has 0 aromatic heterocycles. The van der Waals surface area contributed by atoms with Gasteiger partial charge in [0.2, 0.25) is 0 Å². The Balaban J connectivity index is 0. The Morgan fingerprint density at radius 3 is 2.00 bits per heavy atom. The quantitative estimate of drug-likeness (QED) is 0.286. The van der Waals surface area contributed by atoms with Gasteiger partial charge in [0.1, 0.15) is 0 Å². The van der Waals surface area contributed by atoms with Crippen LogP contribution in [0, 0.1) is 0 Å². The van der Waals surface area contributed by atoms with Gasteiger partial charge in [-0.1, -0.05) is 21.6 Å². The first kappa shape index (κ1) is 16.1. The van der Waals surface area contributed by atoms with Gasteiger partial charge in [-0.15, -0.1) is 0 Å². The molecule has 0 heterocycles. The largest absolute Gasteiger partial charge is 1.00 e. The minimum Gasteiger partial charge on any atom is -0.550 e. The number of carboxylic acid groups (broad SMARTS) is 2. The van der Waals surface area contributed by atoms with Gasteiger partial charge in [0, 0.05) is 17.5 Å². The molecule has 70 valence electrons. The molecule has 0 saturated heterocycles. The van der Waals surface area contributed by atoms with E-state index >= 15 is 0 Å². The first-order valence-electron chi connectivity index (χ1n) is 3.29. The first-order valence-corrected chi connectivity index (χ1v) is 5.78. The van der Waals surface area contributed by atoms with Crippen LogP contribution in [0.15, 0.2) is 0 Å². The SMILES string of the molecule is O=C([O-])CCSSCCC(=O)O.[Na+]. The van der Waals surface area contributed by atoms with Crippen molar-refractivity contribution in [3.63, 3.8) is 0 Å². The Kier molecular flexibility index (Phi) is 13.3. The van der Waals surface area contributed by atoms with Crippen LogP contribution in [0.2, 0.25) is 0 Å². The molecule has 0 amide bonds. The summed E-state index contributed by atoms with van der Waals surface area (Å²) in [5.74, 6) is -0.927. The van der Waals surface area contributed by atoms with E-state index < -0.39 is 11.9 Å². The van der Waals surface area contributed by atoms with E-state index in [1.807, 2.05) is 0 Å². The fourth-order valence-corrected chi connectivity index (χ4v) is 2.32. The Morgan fingerprint density at radius 1 is 1.15 bits per heavy atom. The standard InChI is InChI=1S/C6H10O4S2.Na/c7-5(8)1-3-11-12-4-2-6(9)10;/h1-4H2,(H,7,8)(H,9,10);/q;+1/p-1. The van der Waals surface area contributed by atoms with Crippen LogP contribution in [-0.2, 0) is 9.59 Å². The maximum Gasteiger partial charge on any atom is 1.00 e. The molecule has 0 aromatic carbocycles. The van der Waals surface area contributed by atoms with E-state index in [9.17, 15) is 14.7 Å². The second-order valence-corrected chi connectivity index (χ2v) is 4.61. The van der Waals surface area contributed by atoms with Gasteiger partial charge in [-0.05, 0) is 6.42 Å². The van der Waals surface area contributed by atoms with Crippen LogP contribution in [0.4, 0.5) is 0 Å². The zero-order valence-corrected chi connectivity index (χ0v) is 10.9. The van der Waals surface area contributed by atoms with Crippen LogP contribution in [0.25, 0.3) is 0 Å². The number of rotatable bonds is 7. The van der Waals surface area contributed by atoms with E-state index in [2.05, 4.69) is 0 Å². The van der Waals surface area contributed by atoms with Crippen molar-refractivity contribution in [1.82, 2.24) is 0 Å². The summed E-state index contributed by atoms with van der Waals surface area (Å²) >= 11 is 0. The Morgan fingerprint density at radius 2 is 1.62 bits per heavy atom. The number of hydrogen-bond donors (Lipinski definition) is 1. The molecule has 0 rings (SSSR count). The van der Waals surface area contributed by atoms with Crippen LogP contribution >= 0.6 is 21.6 Å². The Hall–Kier alpha value is 0.640. The summed E-state index contributed by atoms with van der Waals surface area (Å²) in [6, 6.07) is 0. The minimum absolute atomic E-state index is 0. The van der Waals surface area contributed by atoms with E-state index in [-0.39, 0.29) is 42.4 Å². The third kappa shape index (κ3) is 15.4. The molecular formula is C6H9NaO4S2. The Bertz CT molecular complexity index is 147. The van der Waals surface area contributed by atoms with Gasteiger partial charge in [0.25, 0.3) is 0 Å². The molecule has 0 bridgehead atoms. The van der Waals surface area contributed by atoms with Crippen LogP contribution in [0.3, 0.4) is 0 Å². The van der Waals surface area contributed by atoms with Crippen LogP contribution < -0.4 is 34.7 Å². The molecule has 0 aromatic rings. The van der Waals surface area contributed by atoms with E-state index in [0.717, 1.165) is 0 Å².